The summed E-state index contributed by atoms with van der Waals surface area (Å²) in [5, 5.41) is 4.81. The van der Waals surface area contributed by atoms with E-state index < -0.39 is 17.8 Å². The van der Waals surface area contributed by atoms with Crippen LogP contribution in [0.1, 0.15) is 42.0 Å². The van der Waals surface area contributed by atoms with Crippen LogP contribution >= 0.6 is 11.3 Å². The molecule has 0 spiro atoms. The van der Waals surface area contributed by atoms with Gasteiger partial charge >= 0.3 is 5.97 Å². The van der Waals surface area contributed by atoms with Gasteiger partial charge in [-0.25, -0.2) is 0 Å². The highest BCUT2D eigenvalue weighted by atomic mass is 32.1. The van der Waals surface area contributed by atoms with Crippen molar-refractivity contribution < 1.29 is 28.6 Å². The number of esters is 1. The molecule has 0 fully saturated rings. The average Bonchev–Trinajstić information content (AvgIpc) is 3.32. The van der Waals surface area contributed by atoms with Crippen molar-refractivity contribution >= 4 is 29.0 Å². The third kappa shape index (κ3) is 3.90. The lowest BCUT2D eigenvalue weighted by atomic mass is 9.69. The third-order valence-corrected chi connectivity index (χ3v) is 6.99. The third-order valence-electron chi connectivity index (χ3n) is 5.99. The molecule has 0 radical (unpaired) electrons. The molecular formula is C24H25NO6S. The summed E-state index contributed by atoms with van der Waals surface area (Å²) in [5.74, 6) is -1.69. The molecule has 4 rings (SSSR count). The van der Waals surface area contributed by atoms with Crippen LogP contribution in [0.2, 0.25) is 0 Å². The standard InChI is InChI=1S/C24H25NO6S/c1-4-31-24(28)22-15(19-6-5-9-32-19)11-16-21(23(22)27)14(12-20(26)25-16)13-7-8-17(29-2)18(10-13)30-3/h5-10,14-15,22H,4,11-12H2,1-3H3,(H,25,26)/t14-,15-,22-/m1/s1. The second-order valence-corrected chi connectivity index (χ2v) is 8.71. The van der Waals surface area contributed by atoms with Gasteiger partial charge in [-0.05, 0) is 42.5 Å². The zero-order valence-electron chi connectivity index (χ0n) is 18.2. The van der Waals surface area contributed by atoms with Gasteiger partial charge in [0.15, 0.2) is 17.3 Å². The topological polar surface area (TPSA) is 90.9 Å². The molecule has 2 aromatic rings. The molecule has 1 aliphatic carbocycles. The number of hydrogen-bond acceptors (Lipinski definition) is 7. The van der Waals surface area contributed by atoms with E-state index >= 15 is 0 Å². The number of ketones is 1. The first-order chi connectivity index (χ1) is 15.5. The molecule has 8 heteroatoms. The summed E-state index contributed by atoms with van der Waals surface area (Å²) in [4.78, 5) is 40.2. The van der Waals surface area contributed by atoms with Crippen LogP contribution in [0.3, 0.4) is 0 Å². The van der Waals surface area contributed by atoms with Crippen molar-refractivity contribution in [3.8, 4) is 11.5 Å². The zero-order valence-corrected chi connectivity index (χ0v) is 19.0. The molecule has 0 bridgehead atoms. The van der Waals surface area contributed by atoms with Gasteiger partial charge in [0.1, 0.15) is 5.92 Å². The monoisotopic (exact) mass is 455 g/mol. The van der Waals surface area contributed by atoms with Gasteiger partial charge in [0.2, 0.25) is 5.91 Å². The average molecular weight is 456 g/mol. The molecule has 1 aromatic heterocycles. The number of Topliss-reactive ketones (excluding diaryl/α,β-unsaturated/α-hetero) is 1. The first-order valence-corrected chi connectivity index (χ1v) is 11.4. The largest absolute Gasteiger partial charge is 0.493 e. The summed E-state index contributed by atoms with van der Waals surface area (Å²) in [6.07, 6.45) is 0.500. The van der Waals surface area contributed by atoms with Crippen molar-refractivity contribution in [1.82, 2.24) is 5.32 Å². The molecule has 1 aromatic carbocycles. The fraction of sp³-hybridized carbons (Fsp3) is 0.375. The Morgan fingerprint density at radius 3 is 2.56 bits per heavy atom. The number of methoxy groups -OCH3 is 2. The predicted molar refractivity (Wildman–Crippen MR) is 119 cm³/mol. The van der Waals surface area contributed by atoms with E-state index in [9.17, 15) is 14.4 Å². The molecule has 1 amide bonds. The molecule has 0 saturated heterocycles. The highest BCUT2D eigenvalue weighted by Gasteiger charge is 2.48. The van der Waals surface area contributed by atoms with E-state index in [0.717, 1.165) is 10.4 Å². The lowest BCUT2D eigenvalue weighted by Gasteiger charge is -2.37. The molecule has 32 heavy (non-hydrogen) atoms. The van der Waals surface area contributed by atoms with Crippen molar-refractivity contribution in [2.45, 2.75) is 31.6 Å². The van der Waals surface area contributed by atoms with E-state index in [-0.39, 0.29) is 30.6 Å². The molecule has 7 nitrogen and oxygen atoms in total. The number of benzene rings is 1. The predicted octanol–water partition coefficient (Wildman–Crippen LogP) is 3.56. The van der Waals surface area contributed by atoms with Crippen LogP contribution in [0, 0.1) is 5.92 Å². The van der Waals surface area contributed by atoms with Crippen molar-refractivity contribution in [1.29, 1.82) is 0 Å². The fourth-order valence-corrected chi connectivity index (χ4v) is 5.44. The minimum absolute atomic E-state index is 0.110. The number of allylic oxidation sites excluding steroid dienone is 2. The smallest absolute Gasteiger partial charge is 0.317 e. The Balaban J connectivity index is 1.81. The maximum atomic E-state index is 13.8. The quantitative estimate of drug-likeness (QED) is 0.529. The van der Waals surface area contributed by atoms with Crippen LogP contribution in [0.5, 0.6) is 11.5 Å². The maximum Gasteiger partial charge on any atom is 0.317 e. The second-order valence-electron chi connectivity index (χ2n) is 7.73. The van der Waals surface area contributed by atoms with Gasteiger partial charge in [0, 0.05) is 34.4 Å². The van der Waals surface area contributed by atoms with Gasteiger partial charge < -0.3 is 19.5 Å². The van der Waals surface area contributed by atoms with E-state index in [2.05, 4.69) is 5.32 Å². The Morgan fingerprint density at radius 1 is 1.12 bits per heavy atom. The van der Waals surface area contributed by atoms with Gasteiger partial charge in [0.05, 0.1) is 20.8 Å². The van der Waals surface area contributed by atoms with Gasteiger partial charge in [-0.2, -0.15) is 0 Å². The van der Waals surface area contributed by atoms with Crippen LogP contribution in [0.4, 0.5) is 0 Å². The van der Waals surface area contributed by atoms with Crippen molar-refractivity contribution in [3.63, 3.8) is 0 Å². The molecule has 0 saturated carbocycles. The summed E-state index contributed by atoms with van der Waals surface area (Å²) in [6, 6.07) is 9.17. The van der Waals surface area contributed by atoms with Crippen molar-refractivity contribution in [2.24, 2.45) is 5.92 Å². The second kappa shape index (κ2) is 9.16. The molecule has 0 unspecified atom stereocenters. The minimum atomic E-state index is -0.940. The number of amides is 1. The Kier molecular flexibility index (Phi) is 6.32. The number of nitrogens with one attached hydrogen (secondary N) is 1. The minimum Gasteiger partial charge on any atom is -0.493 e. The summed E-state index contributed by atoms with van der Waals surface area (Å²) in [6.45, 7) is 1.92. The van der Waals surface area contributed by atoms with Crippen LogP contribution in [0.25, 0.3) is 0 Å². The van der Waals surface area contributed by atoms with Crippen LogP contribution in [-0.4, -0.2) is 38.5 Å². The van der Waals surface area contributed by atoms with Gasteiger partial charge in [0.25, 0.3) is 0 Å². The van der Waals surface area contributed by atoms with Crippen LogP contribution in [-0.2, 0) is 19.1 Å². The van der Waals surface area contributed by atoms with Gasteiger partial charge in [-0.3, -0.25) is 14.4 Å². The number of ether oxygens (including phenoxy) is 3. The summed E-state index contributed by atoms with van der Waals surface area (Å²) >= 11 is 1.49. The van der Waals surface area contributed by atoms with E-state index in [0.29, 0.717) is 29.2 Å². The Hall–Kier alpha value is -3.13. The van der Waals surface area contributed by atoms with Crippen molar-refractivity contribution in [2.75, 3.05) is 20.8 Å². The first kappa shape index (κ1) is 22.1. The SMILES string of the molecule is CCOC(=O)[C@H]1C(=O)C2=C(C[C@@H]1c1cccs1)NC(=O)C[C@@H]2c1ccc(OC)c(OC)c1. The molecule has 1 N–H and O–H groups in total. The molecule has 2 heterocycles. The lowest BCUT2D eigenvalue weighted by Crippen LogP contribution is -2.44. The molecule has 1 aliphatic heterocycles. The van der Waals surface area contributed by atoms with Gasteiger partial charge in [-0.15, -0.1) is 11.3 Å². The highest BCUT2D eigenvalue weighted by Crippen LogP contribution is 2.47. The number of rotatable bonds is 6. The molecule has 3 atom stereocenters. The molecule has 168 valence electrons. The van der Waals surface area contributed by atoms with Crippen LogP contribution in [0.15, 0.2) is 47.0 Å². The van der Waals surface area contributed by atoms with E-state index in [1.807, 2.05) is 23.6 Å². The van der Waals surface area contributed by atoms with E-state index in [4.69, 9.17) is 14.2 Å². The lowest BCUT2D eigenvalue weighted by molar-refractivity contribution is -0.152. The van der Waals surface area contributed by atoms with Gasteiger partial charge in [-0.1, -0.05) is 12.1 Å². The van der Waals surface area contributed by atoms with Crippen LogP contribution < -0.4 is 14.8 Å². The van der Waals surface area contributed by atoms with E-state index in [1.165, 1.54) is 18.4 Å². The number of carbonyl (C=O) groups is 3. The Bertz CT molecular complexity index is 1070. The van der Waals surface area contributed by atoms with E-state index in [1.54, 1.807) is 26.2 Å². The Morgan fingerprint density at radius 2 is 1.91 bits per heavy atom. The number of thiophene rings is 1. The highest BCUT2D eigenvalue weighted by molar-refractivity contribution is 7.10. The number of carbonyl (C=O) groups excluding carboxylic acids is 3. The Labute approximate surface area is 190 Å². The molecule has 2 aliphatic rings. The maximum absolute atomic E-state index is 13.8. The number of hydrogen-bond donors (Lipinski definition) is 1. The van der Waals surface area contributed by atoms with Crippen molar-refractivity contribution in [3.05, 3.63) is 57.4 Å². The zero-order chi connectivity index (χ0) is 22.8. The summed E-state index contributed by atoms with van der Waals surface area (Å²) in [7, 11) is 3.08. The first-order valence-electron chi connectivity index (χ1n) is 10.5. The summed E-state index contributed by atoms with van der Waals surface area (Å²) in [5.41, 5.74) is 1.82. The molecular weight excluding hydrogens is 430 g/mol. The summed E-state index contributed by atoms with van der Waals surface area (Å²) < 4.78 is 16.0. The normalized spacial score (nSPS) is 22.8. The fourth-order valence-electron chi connectivity index (χ4n) is 4.58.